The summed E-state index contributed by atoms with van der Waals surface area (Å²) in [4.78, 5) is 0. The van der Waals surface area contributed by atoms with Gasteiger partial charge in [-0.2, -0.15) is 0 Å². The van der Waals surface area contributed by atoms with E-state index in [0.29, 0.717) is 0 Å². The van der Waals surface area contributed by atoms with Crippen LogP contribution in [0.4, 0.5) is 0 Å². The Kier molecular flexibility index (Phi) is 2.14. The molecule has 1 fully saturated rings. The lowest BCUT2D eigenvalue weighted by atomic mass is 9.96. The lowest BCUT2D eigenvalue weighted by molar-refractivity contribution is 0.0305. The molecule has 1 rings (SSSR count). The van der Waals surface area contributed by atoms with E-state index in [1.54, 1.807) is 0 Å². The maximum atomic E-state index is 9.23. The first-order chi connectivity index (χ1) is 4.24. The van der Waals surface area contributed by atoms with Gasteiger partial charge in [-0.1, -0.05) is 6.92 Å². The summed E-state index contributed by atoms with van der Waals surface area (Å²) in [6.07, 6.45) is 1.61. The van der Waals surface area contributed by atoms with Gasteiger partial charge in [0.2, 0.25) is 0 Å². The van der Waals surface area contributed by atoms with E-state index in [9.17, 15) is 5.11 Å². The highest BCUT2D eigenvalue weighted by Gasteiger charge is 2.29. The van der Waals surface area contributed by atoms with Gasteiger partial charge in [-0.05, 0) is 12.8 Å². The van der Waals surface area contributed by atoms with Crippen molar-refractivity contribution in [3.05, 3.63) is 0 Å². The molecule has 0 spiro atoms. The van der Waals surface area contributed by atoms with E-state index in [-0.39, 0.29) is 18.2 Å². The van der Waals surface area contributed by atoms with Gasteiger partial charge in [0.1, 0.15) is 7.85 Å². The lowest BCUT2D eigenvalue weighted by Gasteiger charge is -2.09. The Morgan fingerprint density at radius 2 is 2.44 bits per heavy atom. The summed E-state index contributed by atoms with van der Waals surface area (Å²) in [5.74, 6) is 0. The fraction of sp³-hybridized carbons (Fsp3) is 1.00. The molecule has 1 heterocycles. The average molecular weight is 128 g/mol. The molecule has 0 aliphatic carbocycles. The van der Waals surface area contributed by atoms with Crippen LogP contribution in [0.25, 0.3) is 0 Å². The molecule has 0 saturated carbocycles. The smallest absolute Gasteiger partial charge is 0.139 e. The molecule has 52 valence electrons. The molecular formula is C6H13BO2. The van der Waals surface area contributed by atoms with Gasteiger partial charge in [-0.3, -0.25) is 0 Å². The molecule has 2 nitrogen and oxygen atoms in total. The van der Waals surface area contributed by atoms with Gasteiger partial charge in [0.15, 0.2) is 0 Å². The first kappa shape index (κ1) is 7.10. The van der Waals surface area contributed by atoms with Crippen LogP contribution in [0.3, 0.4) is 0 Å². The SMILES string of the molecule is B[C@H]1C[C@H](O)[C@@H](CC)O1. The summed E-state index contributed by atoms with van der Waals surface area (Å²) in [5, 5.41) is 9.23. The monoisotopic (exact) mass is 128 g/mol. The molecule has 1 aliphatic rings. The molecule has 0 unspecified atom stereocenters. The van der Waals surface area contributed by atoms with Gasteiger partial charge in [0, 0.05) is 6.00 Å². The summed E-state index contributed by atoms with van der Waals surface area (Å²) < 4.78 is 5.37. The third-order valence-electron chi connectivity index (χ3n) is 1.81. The van der Waals surface area contributed by atoms with Crippen molar-refractivity contribution in [3.63, 3.8) is 0 Å². The molecule has 0 radical (unpaired) electrons. The Labute approximate surface area is 56.6 Å². The van der Waals surface area contributed by atoms with Gasteiger partial charge < -0.3 is 9.84 Å². The molecular weight excluding hydrogens is 115 g/mol. The van der Waals surface area contributed by atoms with E-state index in [1.165, 1.54) is 0 Å². The van der Waals surface area contributed by atoms with Crippen LogP contribution in [0.15, 0.2) is 0 Å². The van der Waals surface area contributed by atoms with E-state index in [2.05, 4.69) is 0 Å². The Balaban J connectivity index is 2.38. The number of ether oxygens (including phenoxy) is 1. The fourth-order valence-corrected chi connectivity index (χ4v) is 1.30. The predicted molar refractivity (Wildman–Crippen MR) is 38.1 cm³/mol. The van der Waals surface area contributed by atoms with Crippen LogP contribution in [0.5, 0.6) is 0 Å². The van der Waals surface area contributed by atoms with Crippen LogP contribution in [0.1, 0.15) is 19.8 Å². The van der Waals surface area contributed by atoms with Crippen molar-refractivity contribution in [2.45, 2.75) is 38.0 Å². The van der Waals surface area contributed by atoms with Gasteiger partial charge >= 0.3 is 0 Å². The van der Waals surface area contributed by atoms with Gasteiger partial charge in [-0.25, -0.2) is 0 Å². The molecule has 1 N–H and O–H groups in total. The average Bonchev–Trinajstić information content (AvgIpc) is 2.10. The van der Waals surface area contributed by atoms with Crippen LogP contribution in [-0.2, 0) is 4.74 Å². The zero-order chi connectivity index (χ0) is 6.85. The van der Waals surface area contributed by atoms with E-state index in [1.807, 2.05) is 14.8 Å². The van der Waals surface area contributed by atoms with Crippen molar-refractivity contribution < 1.29 is 9.84 Å². The number of hydrogen-bond donors (Lipinski definition) is 1. The third kappa shape index (κ3) is 1.46. The summed E-state index contributed by atoms with van der Waals surface area (Å²) in [5.41, 5.74) is 0. The molecule has 0 amide bonds. The van der Waals surface area contributed by atoms with E-state index < -0.39 is 0 Å². The molecule has 0 aromatic carbocycles. The number of rotatable bonds is 1. The normalized spacial score (nSPS) is 43.6. The van der Waals surface area contributed by atoms with Crippen LogP contribution in [0.2, 0.25) is 0 Å². The number of aliphatic hydroxyl groups is 1. The van der Waals surface area contributed by atoms with Crippen molar-refractivity contribution in [3.8, 4) is 0 Å². The molecule has 0 bridgehead atoms. The van der Waals surface area contributed by atoms with Gasteiger partial charge in [-0.15, -0.1) is 0 Å². The summed E-state index contributed by atoms with van der Waals surface area (Å²) in [6, 6.07) is 0.255. The quantitative estimate of drug-likeness (QED) is 0.482. The second-order valence-electron chi connectivity index (χ2n) is 2.70. The first-order valence-corrected chi connectivity index (χ1v) is 3.57. The number of aliphatic hydroxyl groups excluding tert-OH is 1. The Bertz CT molecular complexity index is 97.1. The lowest BCUT2D eigenvalue weighted by Crippen LogP contribution is -2.19. The minimum atomic E-state index is -0.218. The Morgan fingerprint density at radius 1 is 1.78 bits per heavy atom. The summed E-state index contributed by atoms with van der Waals surface area (Å²) in [6.45, 7) is 2.03. The van der Waals surface area contributed by atoms with E-state index in [0.717, 1.165) is 12.8 Å². The minimum Gasteiger partial charge on any atom is -0.390 e. The van der Waals surface area contributed by atoms with Crippen LogP contribution < -0.4 is 0 Å². The maximum absolute atomic E-state index is 9.23. The van der Waals surface area contributed by atoms with Crippen LogP contribution in [0, 0.1) is 0 Å². The standard InChI is InChI=1S/C6H13BO2/c1-2-5-4(8)3-6(7)9-5/h4-6,8H,2-3,7H2,1H3/t4-,5+,6+/m0/s1. The highest BCUT2D eigenvalue weighted by atomic mass is 16.5. The van der Waals surface area contributed by atoms with E-state index >= 15 is 0 Å². The molecule has 0 aromatic rings. The zero-order valence-corrected chi connectivity index (χ0v) is 6.00. The summed E-state index contributed by atoms with van der Waals surface area (Å²) in [7, 11) is 2.00. The second kappa shape index (κ2) is 2.71. The zero-order valence-electron chi connectivity index (χ0n) is 6.00. The Hall–Kier alpha value is -0.0151. The highest BCUT2D eigenvalue weighted by Crippen LogP contribution is 2.19. The molecule has 1 saturated heterocycles. The topological polar surface area (TPSA) is 29.5 Å². The molecule has 0 aromatic heterocycles. The maximum Gasteiger partial charge on any atom is 0.139 e. The van der Waals surface area contributed by atoms with Gasteiger partial charge in [0.25, 0.3) is 0 Å². The largest absolute Gasteiger partial charge is 0.390 e. The molecule has 3 atom stereocenters. The Morgan fingerprint density at radius 3 is 2.67 bits per heavy atom. The molecule has 9 heavy (non-hydrogen) atoms. The van der Waals surface area contributed by atoms with Crippen molar-refractivity contribution in [2.24, 2.45) is 0 Å². The fourth-order valence-electron chi connectivity index (χ4n) is 1.30. The molecule has 3 heteroatoms. The first-order valence-electron chi connectivity index (χ1n) is 3.57. The number of hydrogen-bond acceptors (Lipinski definition) is 2. The van der Waals surface area contributed by atoms with E-state index in [4.69, 9.17) is 4.74 Å². The van der Waals surface area contributed by atoms with Crippen LogP contribution in [-0.4, -0.2) is 31.2 Å². The van der Waals surface area contributed by atoms with Crippen molar-refractivity contribution >= 4 is 7.85 Å². The highest BCUT2D eigenvalue weighted by molar-refractivity contribution is 6.11. The van der Waals surface area contributed by atoms with Gasteiger partial charge in [0.05, 0.1) is 12.2 Å². The molecule has 1 aliphatic heterocycles. The van der Waals surface area contributed by atoms with Crippen molar-refractivity contribution in [2.75, 3.05) is 0 Å². The second-order valence-corrected chi connectivity index (χ2v) is 2.70. The van der Waals surface area contributed by atoms with Crippen LogP contribution >= 0.6 is 0 Å². The van der Waals surface area contributed by atoms with Crippen molar-refractivity contribution in [1.29, 1.82) is 0 Å². The predicted octanol–water partition coefficient (Wildman–Crippen LogP) is -0.495. The minimum absolute atomic E-state index is 0.0972. The summed E-state index contributed by atoms with van der Waals surface area (Å²) >= 11 is 0. The third-order valence-corrected chi connectivity index (χ3v) is 1.81. The van der Waals surface area contributed by atoms with Crippen molar-refractivity contribution in [1.82, 2.24) is 0 Å².